The number of unbranched alkanes of at least 4 members (excludes halogenated alkanes) is 1. The number of hydrogen-bond donors (Lipinski definition) is 3. The topological polar surface area (TPSA) is 129 Å². The van der Waals surface area contributed by atoms with Gasteiger partial charge in [0.25, 0.3) is 11.8 Å². The lowest BCUT2D eigenvalue weighted by Gasteiger charge is -2.42. The van der Waals surface area contributed by atoms with Gasteiger partial charge in [-0.15, -0.1) is 0 Å². The molecule has 3 N–H and O–H groups in total. The molecule has 4 aromatic heterocycles. The van der Waals surface area contributed by atoms with Crippen LogP contribution in [0.15, 0.2) is 91.5 Å². The Morgan fingerprint density at radius 1 is 0.789 bits per heavy atom. The lowest BCUT2D eigenvalue weighted by molar-refractivity contribution is -0.137. The van der Waals surface area contributed by atoms with E-state index in [0.717, 1.165) is 91.0 Å². The first-order chi connectivity index (χ1) is 27.5. The maximum absolute atomic E-state index is 13.4. The van der Waals surface area contributed by atoms with Gasteiger partial charge in [-0.05, 0) is 130 Å². The molecule has 57 heavy (non-hydrogen) atoms. The third-order valence-electron chi connectivity index (χ3n) is 10.8. The number of nitrogens with one attached hydrogen (secondary N) is 3. The number of pyridine rings is 2. The number of fused-ring (bicyclic) bond motifs is 1. The Morgan fingerprint density at radius 2 is 1.47 bits per heavy atom. The van der Waals surface area contributed by atoms with Crippen LogP contribution in [-0.2, 0) is 12.7 Å². The van der Waals surface area contributed by atoms with Crippen LogP contribution in [0.3, 0.4) is 0 Å². The Bertz CT molecular complexity index is 2320. The van der Waals surface area contributed by atoms with Crippen molar-refractivity contribution in [3.8, 4) is 11.3 Å². The molecule has 294 valence electrons. The third-order valence-corrected chi connectivity index (χ3v) is 10.8. The molecule has 1 aliphatic rings. The predicted molar refractivity (Wildman–Crippen MR) is 212 cm³/mol. The van der Waals surface area contributed by atoms with Crippen molar-refractivity contribution in [2.45, 2.75) is 77.7 Å². The molecule has 1 aliphatic heterocycles. The summed E-state index contributed by atoms with van der Waals surface area (Å²) in [6, 6.07) is 20.2. The molecule has 0 saturated carbocycles. The van der Waals surface area contributed by atoms with Crippen molar-refractivity contribution in [2.24, 2.45) is 0 Å². The van der Waals surface area contributed by atoms with E-state index in [1.165, 1.54) is 17.5 Å². The Morgan fingerprint density at radius 3 is 2.11 bits per heavy atom. The molecule has 0 bridgehead atoms. The number of carbonyl (C=O) groups is 2. The van der Waals surface area contributed by atoms with E-state index in [1.54, 1.807) is 6.07 Å². The number of rotatable bonds is 12. The molecule has 1 fully saturated rings. The molecular formula is C44H45F3N8O2. The number of amides is 2. The Labute approximate surface area is 329 Å². The fourth-order valence-corrected chi connectivity index (χ4v) is 7.78. The van der Waals surface area contributed by atoms with Gasteiger partial charge < -0.3 is 15.6 Å². The van der Waals surface area contributed by atoms with Gasteiger partial charge in [-0.3, -0.25) is 24.5 Å². The molecule has 1 saturated heterocycles. The molecule has 0 aliphatic carbocycles. The first-order valence-corrected chi connectivity index (χ1v) is 19.2. The Balaban J connectivity index is 0.970. The molecule has 5 heterocycles. The molecule has 2 amide bonds. The minimum absolute atomic E-state index is 0.139. The van der Waals surface area contributed by atoms with Crippen molar-refractivity contribution in [1.82, 2.24) is 40.5 Å². The quantitative estimate of drug-likeness (QED) is 0.106. The zero-order valence-corrected chi connectivity index (χ0v) is 32.2. The van der Waals surface area contributed by atoms with Crippen LogP contribution in [0.2, 0.25) is 0 Å². The number of likely N-dealkylation sites (tertiary alicyclic amines) is 1. The average Bonchev–Trinajstić information content (AvgIpc) is 3.65. The number of hydrogen-bond acceptors (Lipinski definition) is 7. The molecule has 2 aromatic carbocycles. The standard InChI is InChI=1S/C44H45F3N8O2/c1-27-9-7-20-48-38(27)36-11-6-12-37(39-28(2)10-8-21-49-39)55(36)22-5-4-19-50-43(57)35-24-34-40(52-26-53-41(34)54-35)31-13-14-32(29(3)23-31)25-51-42(56)30-15-17-33(18-16-30)44(45,46)47/h7-10,13-18,20-21,23-24,26,36-37H,4-6,11-12,19,22,25H2,1-3H3,(H,50,57)(H,51,56)(H,52,53,54)/t36-,37+. The van der Waals surface area contributed by atoms with Gasteiger partial charge in [0.2, 0.25) is 0 Å². The van der Waals surface area contributed by atoms with Crippen molar-refractivity contribution >= 4 is 22.8 Å². The number of aromatic nitrogens is 5. The number of piperidine rings is 1. The summed E-state index contributed by atoms with van der Waals surface area (Å²) in [6.45, 7) is 7.72. The second-order valence-corrected chi connectivity index (χ2v) is 14.6. The van der Waals surface area contributed by atoms with Crippen LogP contribution >= 0.6 is 0 Å². The summed E-state index contributed by atoms with van der Waals surface area (Å²) >= 11 is 0. The lowest BCUT2D eigenvalue weighted by Crippen LogP contribution is -2.38. The van der Waals surface area contributed by atoms with Gasteiger partial charge in [0, 0.05) is 42.0 Å². The molecule has 2 atom stereocenters. The van der Waals surface area contributed by atoms with Crippen LogP contribution in [0.25, 0.3) is 22.3 Å². The third kappa shape index (κ3) is 8.88. The van der Waals surface area contributed by atoms with Gasteiger partial charge in [0.1, 0.15) is 17.7 Å². The number of aryl methyl sites for hydroxylation is 3. The summed E-state index contributed by atoms with van der Waals surface area (Å²) in [5, 5.41) is 6.55. The maximum Gasteiger partial charge on any atom is 0.416 e. The molecule has 7 rings (SSSR count). The highest BCUT2D eigenvalue weighted by Crippen LogP contribution is 2.42. The van der Waals surface area contributed by atoms with E-state index < -0.39 is 17.6 Å². The van der Waals surface area contributed by atoms with Gasteiger partial charge >= 0.3 is 6.18 Å². The second-order valence-electron chi connectivity index (χ2n) is 14.6. The van der Waals surface area contributed by atoms with Crippen molar-refractivity contribution in [3.05, 3.63) is 142 Å². The summed E-state index contributed by atoms with van der Waals surface area (Å²) in [5.74, 6) is -0.699. The minimum atomic E-state index is -4.47. The van der Waals surface area contributed by atoms with Crippen LogP contribution in [0.4, 0.5) is 13.2 Å². The molecule has 0 unspecified atom stereocenters. The summed E-state index contributed by atoms with van der Waals surface area (Å²) in [4.78, 5) is 50.3. The van der Waals surface area contributed by atoms with Crippen molar-refractivity contribution < 1.29 is 22.8 Å². The van der Waals surface area contributed by atoms with E-state index in [0.29, 0.717) is 29.0 Å². The van der Waals surface area contributed by atoms with Crippen molar-refractivity contribution in [3.63, 3.8) is 0 Å². The lowest BCUT2D eigenvalue weighted by atomic mass is 9.88. The smallest absolute Gasteiger partial charge is 0.351 e. The van der Waals surface area contributed by atoms with E-state index in [2.05, 4.69) is 56.5 Å². The highest BCUT2D eigenvalue weighted by Gasteiger charge is 2.35. The fourth-order valence-electron chi connectivity index (χ4n) is 7.78. The summed E-state index contributed by atoms with van der Waals surface area (Å²) in [6.07, 6.45) is 5.61. The van der Waals surface area contributed by atoms with E-state index in [9.17, 15) is 22.8 Å². The molecule has 0 radical (unpaired) electrons. The van der Waals surface area contributed by atoms with Gasteiger partial charge in [0.15, 0.2) is 0 Å². The van der Waals surface area contributed by atoms with Crippen LogP contribution in [0.1, 0.15) is 104 Å². The molecule has 13 heteroatoms. The van der Waals surface area contributed by atoms with Gasteiger partial charge in [-0.2, -0.15) is 13.2 Å². The molecule has 10 nitrogen and oxygen atoms in total. The highest BCUT2D eigenvalue weighted by atomic mass is 19.4. The zero-order valence-electron chi connectivity index (χ0n) is 32.2. The molecule has 6 aromatic rings. The molecular weight excluding hydrogens is 730 g/mol. The average molecular weight is 775 g/mol. The number of carbonyl (C=O) groups excluding carboxylic acids is 2. The molecule has 0 spiro atoms. The predicted octanol–water partition coefficient (Wildman–Crippen LogP) is 8.77. The second kappa shape index (κ2) is 17.0. The van der Waals surface area contributed by atoms with E-state index in [1.807, 2.05) is 49.6 Å². The van der Waals surface area contributed by atoms with E-state index in [4.69, 9.17) is 9.97 Å². The largest absolute Gasteiger partial charge is 0.416 e. The number of H-pyrrole nitrogens is 1. The summed E-state index contributed by atoms with van der Waals surface area (Å²) in [5.41, 5.74) is 8.06. The number of nitrogens with zero attached hydrogens (tertiary/aromatic N) is 5. The maximum atomic E-state index is 13.4. The summed E-state index contributed by atoms with van der Waals surface area (Å²) < 4.78 is 38.7. The monoisotopic (exact) mass is 774 g/mol. The first kappa shape index (κ1) is 39.3. The van der Waals surface area contributed by atoms with Crippen LogP contribution < -0.4 is 10.6 Å². The fraction of sp³-hybridized carbons (Fsp3) is 0.318. The first-order valence-electron chi connectivity index (χ1n) is 19.2. The summed E-state index contributed by atoms with van der Waals surface area (Å²) in [7, 11) is 0. The van der Waals surface area contributed by atoms with Crippen LogP contribution in [0, 0.1) is 20.8 Å². The SMILES string of the molecule is Cc1cc(-c2ncnc3[nH]c(C(=O)NCCCCN4[C@@H](c5ncccc5C)CCC[C@H]4c4ncccc4C)cc23)ccc1CNC(=O)c1ccc(C(F)(F)F)cc1. The minimum Gasteiger partial charge on any atom is -0.351 e. The number of aromatic amines is 1. The van der Waals surface area contributed by atoms with Crippen LogP contribution in [-0.4, -0.2) is 54.7 Å². The van der Waals surface area contributed by atoms with Gasteiger partial charge in [-0.25, -0.2) is 9.97 Å². The number of alkyl halides is 3. The highest BCUT2D eigenvalue weighted by molar-refractivity contribution is 6.00. The Kier molecular flexibility index (Phi) is 11.7. The van der Waals surface area contributed by atoms with Gasteiger partial charge in [-0.1, -0.05) is 24.3 Å². The van der Waals surface area contributed by atoms with E-state index in [-0.39, 0.29) is 30.1 Å². The van der Waals surface area contributed by atoms with Crippen molar-refractivity contribution in [2.75, 3.05) is 13.1 Å². The van der Waals surface area contributed by atoms with Crippen molar-refractivity contribution in [1.29, 1.82) is 0 Å². The number of benzene rings is 2. The van der Waals surface area contributed by atoms with Crippen LogP contribution in [0.5, 0.6) is 0 Å². The Hall–Kier alpha value is -5.95. The number of halogens is 3. The van der Waals surface area contributed by atoms with E-state index >= 15 is 0 Å². The normalized spacial score (nSPS) is 16.1. The van der Waals surface area contributed by atoms with Gasteiger partial charge in [0.05, 0.1) is 34.7 Å². The zero-order chi connectivity index (χ0) is 40.1.